The Morgan fingerprint density at radius 1 is 0.947 bits per heavy atom. The lowest BCUT2D eigenvalue weighted by molar-refractivity contribution is -0.118. The average Bonchev–Trinajstić information content (AvgIpc) is 2.91. The van der Waals surface area contributed by atoms with E-state index >= 15 is 0 Å². The molecule has 8 heteroatoms. The molecule has 0 spiro atoms. The first-order chi connectivity index (χ1) is 18.4. The molecule has 1 N–H and O–H groups in total. The van der Waals surface area contributed by atoms with E-state index < -0.39 is 17.6 Å². The molecule has 5 rings (SSSR count). The minimum atomic E-state index is -0.532. The van der Waals surface area contributed by atoms with Crippen LogP contribution in [0.25, 0.3) is 0 Å². The molecule has 2 aliphatic carbocycles. The lowest BCUT2D eigenvalue weighted by Crippen LogP contribution is -2.37. The van der Waals surface area contributed by atoms with Gasteiger partial charge in [0.2, 0.25) is 0 Å². The van der Waals surface area contributed by atoms with Gasteiger partial charge in [-0.15, -0.1) is 0 Å². The summed E-state index contributed by atoms with van der Waals surface area (Å²) in [5.41, 5.74) is 4.27. The van der Waals surface area contributed by atoms with Gasteiger partial charge in [0.25, 0.3) is 5.91 Å². The maximum Gasteiger partial charge on any atom is 0.262 e. The number of Topliss-reactive ketones (excluding diaryl/α,β-unsaturated/α-hetero) is 2. The van der Waals surface area contributed by atoms with Gasteiger partial charge in [0, 0.05) is 48.3 Å². The molecule has 38 heavy (non-hydrogen) atoms. The summed E-state index contributed by atoms with van der Waals surface area (Å²) in [5, 5.41) is 2.50. The van der Waals surface area contributed by atoms with E-state index in [-0.39, 0.29) is 23.9 Å². The Morgan fingerprint density at radius 2 is 1.61 bits per heavy atom. The maximum atomic E-state index is 13.9. The number of amides is 1. The lowest BCUT2D eigenvalue weighted by Gasteiger charge is -2.42. The van der Waals surface area contributed by atoms with Crippen LogP contribution in [0, 0.1) is 5.82 Å². The van der Waals surface area contributed by atoms with Crippen molar-refractivity contribution in [3.8, 4) is 11.5 Å². The number of carbonyl (C=O) groups is 3. The molecule has 0 saturated heterocycles. The molecule has 2 aromatic carbocycles. The standard InChI is InChI=1S/C30H31FN2O5/c1-3-37-26-16-18(14-15-25(26)38-17-27(36)32-20-9-5-4-8-19(20)31)28-29-21(10-6-12-23(29)34)33(2)22-11-7-13-24(35)30(22)28/h4-5,8-9,14-16,28H,3,6-7,10-13,17H2,1-2H3,(H,32,36). The summed E-state index contributed by atoms with van der Waals surface area (Å²) in [6, 6.07) is 11.3. The number of halogens is 1. The third-order valence-electron chi connectivity index (χ3n) is 7.35. The van der Waals surface area contributed by atoms with Crippen LogP contribution in [0.4, 0.5) is 10.1 Å². The smallest absolute Gasteiger partial charge is 0.262 e. The predicted octanol–water partition coefficient (Wildman–Crippen LogP) is 5.29. The Labute approximate surface area is 221 Å². The Morgan fingerprint density at radius 3 is 2.24 bits per heavy atom. The van der Waals surface area contributed by atoms with E-state index in [2.05, 4.69) is 10.2 Å². The Bertz CT molecular complexity index is 1320. The van der Waals surface area contributed by atoms with Crippen LogP contribution in [0.1, 0.15) is 56.9 Å². The second-order valence-corrected chi connectivity index (χ2v) is 9.72. The molecular weight excluding hydrogens is 487 g/mol. The van der Waals surface area contributed by atoms with Gasteiger partial charge in [-0.05, 0) is 62.4 Å². The predicted molar refractivity (Wildman–Crippen MR) is 140 cm³/mol. The van der Waals surface area contributed by atoms with Gasteiger partial charge in [-0.25, -0.2) is 4.39 Å². The summed E-state index contributed by atoms with van der Waals surface area (Å²) >= 11 is 0. The van der Waals surface area contributed by atoms with Crippen molar-refractivity contribution in [3.05, 3.63) is 76.4 Å². The second kappa shape index (κ2) is 10.8. The first kappa shape index (κ1) is 25.7. The number of para-hydroxylation sites is 1. The zero-order valence-corrected chi connectivity index (χ0v) is 21.6. The number of nitrogens with zero attached hydrogens (tertiary/aromatic N) is 1. The van der Waals surface area contributed by atoms with Crippen molar-refractivity contribution < 1.29 is 28.2 Å². The number of ether oxygens (including phenoxy) is 2. The van der Waals surface area contributed by atoms with Crippen molar-refractivity contribution in [1.29, 1.82) is 0 Å². The highest BCUT2D eigenvalue weighted by atomic mass is 19.1. The van der Waals surface area contributed by atoms with Crippen molar-refractivity contribution in [2.75, 3.05) is 25.6 Å². The highest BCUT2D eigenvalue weighted by molar-refractivity contribution is 6.06. The van der Waals surface area contributed by atoms with Crippen LogP contribution in [-0.2, 0) is 14.4 Å². The average molecular weight is 519 g/mol. The zero-order chi connectivity index (χ0) is 26.8. The Kier molecular flexibility index (Phi) is 7.31. The number of carbonyl (C=O) groups excluding carboxylic acids is 3. The third kappa shape index (κ3) is 4.83. The van der Waals surface area contributed by atoms with Crippen LogP contribution in [0.5, 0.6) is 11.5 Å². The molecule has 0 aromatic heterocycles. The monoisotopic (exact) mass is 518 g/mol. The largest absolute Gasteiger partial charge is 0.490 e. The molecule has 198 valence electrons. The van der Waals surface area contributed by atoms with Crippen molar-refractivity contribution in [3.63, 3.8) is 0 Å². The van der Waals surface area contributed by atoms with E-state index in [9.17, 15) is 18.8 Å². The van der Waals surface area contributed by atoms with Crippen LogP contribution < -0.4 is 14.8 Å². The van der Waals surface area contributed by atoms with Crippen LogP contribution in [0.3, 0.4) is 0 Å². The van der Waals surface area contributed by atoms with Gasteiger partial charge >= 0.3 is 0 Å². The molecule has 0 radical (unpaired) electrons. The number of ketones is 2. The number of nitrogens with one attached hydrogen (secondary N) is 1. The van der Waals surface area contributed by atoms with E-state index in [4.69, 9.17) is 9.47 Å². The van der Waals surface area contributed by atoms with Gasteiger partial charge < -0.3 is 19.7 Å². The first-order valence-corrected chi connectivity index (χ1v) is 13.1. The minimum Gasteiger partial charge on any atom is -0.490 e. The van der Waals surface area contributed by atoms with Gasteiger partial charge in [-0.3, -0.25) is 14.4 Å². The molecule has 2 aromatic rings. The van der Waals surface area contributed by atoms with E-state index in [1.54, 1.807) is 18.2 Å². The molecule has 0 fully saturated rings. The van der Waals surface area contributed by atoms with Crippen molar-refractivity contribution >= 4 is 23.2 Å². The molecule has 0 bridgehead atoms. The quantitative estimate of drug-likeness (QED) is 0.537. The third-order valence-corrected chi connectivity index (χ3v) is 7.35. The fraction of sp³-hybridized carbons (Fsp3) is 0.367. The summed E-state index contributed by atoms with van der Waals surface area (Å²) < 4.78 is 25.5. The molecule has 3 aliphatic rings. The number of anilines is 1. The molecular formula is C30H31FN2O5. The molecule has 0 unspecified atom stereocenters. The van der Waals surface area contributed by atoms with Crippen molar-refractivity contribution in [2.24, 2.45) is 0 Å². The van der Waals surface area contributed by atoms with Gasteiger partial charge in [-0.1, -0.05) is 18.2 Å². The molecule has 0 atom stereocenters. The number of benzene rings is 2. The fourth-order valence-electron chi connectivity index (χ4n) is 5.67. The normalized spacial score (nSPS) is 17.8. The number of hydrogen-bond donors (Lipinski definition) is 1. The summed E-state index contributed by atoms with van der Waals surface area (Å²) in [5.74, 6) is -0.571. The van der Waals surface area contributed by atoms with Crippen LogP contribution in [-0.4, -0.2) is 42.6 Å². The van der Waals surface area contributed by atoms with Crippen molar-refractivity contribution in [1.82, 2.24) is 4.90 Å². The molecule has 1 heterocycles. The molecule has 0 saturated carbocycles. The van der Waals surface area contributed by atoms with Crippen LogP contribution >= 0.6 is 0 Å². The summed E-state index contributed by atoms with van der Waals surface area (Å²) in [4.78, 5) is 40.9. The minimum absolute atomic E-state index is 0.0752. The van der Waals surface area contributed by atoms with Gasteiger partial charge in [0.15, 0.2) is 29.7 Å². The second-order valence-electron chi connectivity index (χ2n) is 9.72. The number of rotatable bonds is 7. The summed E-state index contributed by atoms with van der Waals surface area (Å²) in [7, 11) is 1.97. The van der Waals surface area contributed by atoms with Crippen LogP contribution in [0.15, 0.2) is 65.0 Å². The van der Waals surface area contributed by atoms with Gasteiger partial charge in [0.05, 0.1) is 12.3 Å². The first-order valence-electron chi connectivity index (χ1n) is 13.1. The zero-order valence-electron chi connectivity index (χ0n) is 21.6. The highest BCUT2D eigenvalue weighted by Crippen LogP contribution is 2.49. The van der Waals surface area contributed by atoms with E-state index in [1.807, 2.05) is 26.1 Å². The van der Waals surface area contributed by atoms with Crippen LogP contribution in [0.2, 0.25) is 0 Å². The summed E-state index contributed by atoms with van der Waals surface area (Å²) in [6.45, 7) is 1.85. The number of hydrogen-bond acceptors (Lipinski definition) is 6. The molecule has 1 aliphatic heterocycles. The highest BCUT2D eigenvalue weighted by Gasteiger charge is 2.42. The summed E-state index contributed by atoms with van der Waals surface area (Å²) in [6.07, 6.45) is 4.15. The van der Waals surface area contributed by atoms with E-state index in [1.165, 1.54) is 12.1 Å². The van der Waals surface area contributed by atoms with Crippen molar-refractivity contribution in [2.45, 2.75) is 51.4 Å². The SMILES string of the molecule is CCOc1cc(C2C3=C(CCCC3=O)N(C)C3=C2C(=O)CCC3)ccc1OCC(=O)Nc1ccccc1F. The topological polar surface area (TPSA) is 84.9 Å². The number of allylic oxidation sites excluding steroid dienone is 4. The van der Waals surface area contributed by atoms with Gasteiger partial charge in [-0.2, -0.15) is 0 Å². The van der Waals surface area contributed by atoms with E-state index in [0.29, 0.717) is 42.1 Å². The van der Waals surface area contributed by atoms with E-state index in [0.717, 1.165) is 42.6 Å². The molecule has 7 nitrogen and oxygen atoms in total. The Hall–Kier alpha value is -3.94. The maximum absolute atomic E-state index is 13.9. The lowest BCUT2D eigenvalue weighted by atomic mass is 9.71. The Balaban J connectivity index is 1.46. The van der Waals surface area contributed by atoms with Gasteiger partial charge in [0.1, 0.15) is 5.82 Å². The molecule has 1 amide bonds. The fourth-order valence-corrected chi connectivity index (χ4v) is 5.67.